The predicted octanol–water partition coefficient (Wildman–Crippen LogP) is 0.209. The average Bonchev–Trinajstić information content (AvgIpc) is 1.85. The standard InChI is InChI=1S/C7H10NO3S/c1-3-5-7(9)8-12(10,11)6-4-2/h3-4H,1-2,5-6H2. The zero-order valence-electron chi connectivity index (χ0n) is 6.56. The third-order valence-corrected chi connectivity index (χ3v) is 2.03. The number of amides is 1. The first-order chi connectivity index (χ1) is 5.52. The molecule has 4 nitrogen and oxygen atoms in total. The van der Waals surface area contributed by atoms with E-state index in [9.17, 15) is 13.2 Å². The van der Waals surface area contributed by atoms with Crippen molar-refractivity contribution in [2.24, 2.45) is 0 Å². The smallest absolute Gasteiger partial charge is 0.260 e. The summed E-state index contributed by atoms with van der Waals surface area (Å²) in [4.78, 5) is 10.7. The van der Waals surface area contributed by atoms with E-state index < -0.39 is 15.9 Å². The van der Waals surface area contributed by atoms with Crippen LogP contribution >= 0.6 is 0 Å². The van der Waals surface area contributed by atoms with E-state index in [1.54, 1.807) is 0 Å². The van der Waals surface area contributed by atoms with Gasteiger partial charge in [-0.15, -0.1) is 17.9 Å². The fourth-order valence-electron chi connectivity index (χ4n) is 0.502. The fraction of sp³-hybridized carbons (Fsp3) is 0.286. The topological polar surface area (TPSA) is 65.3 Å². The minimum absolute atomic E-state index is 0.0592. The number of carbonyl (C=O) groups is 1. The maximum absolute atomic E-state index is 10.8. The van der Waals surface area contributed by atoms with Crippen LogP contribution < -0.4 is 4.72 Å². The molecule has 0 heterocycles. The molecule has 0 unspecified atom stereocenters. The van der Waals surface area contributed by atoms with E-state index in [4.69, 9.17) is 0 Å². The Morgan fingerprint density at radius 2 is 1.92 bits per heavy atom. The van der Waals surface area contributed by atoms with Gasteiger partial charge in [-0.2, -0.15) is 0 Å². The molecule has 1 radical (unpaired) electrons. The van der Waals surface area contributed by atoms with Crippen molar-refractivity contribution in [3.63, 3.8) is 0 Å². The lowest BCUT2D eigenvalue weighted by Gasteiger charge is -1.97. The average molecular weight is 188 g/mol. The van der Waals surface area contributed by atoms with Gasteiger partial charge in [-0.1, -0.05) is 12.2 Å². The Kier molecular flexibility index (Phi) is 4.28. The van der Waals surface area contributed by atoms with E-state index in [1.807, 2.05) is 0 Å². The van der Waals surface area contributed by atoms with E-state index >= 15 is 0 Å². The van der Waals surface area contributed by atoms with Crippen LogP contribution in [0.25, 0.3) is 0 Å². The Hall–Kier alpha value is -1.10. The van der Waals surface area contributed by atoms with E-state index in [2.05, 4.69) is 17.9 Å². The summed E-state index contributed by atoms with van der Waals surface area (Å²) in [5.74, 6) is -1.01. The summed E-state index contributed by atoms with van der Waals surface area (Å²) in [6.07, 6.45) is 2.42. The van der Waals surface area contributed by atoms with Crippen molar-refractivity contribution >= 4 is 15.9 Å². The molecule has 12 heavy (non-hydrogen) atoms. The van der Waals surface area contributed by atoms with Crippen LogP contribution in [0, 0.1) is 0 Å². The predicted molar refractivity (Wildman–Crippen MR) is 45.9 cm³/mol. The molecule has 0 fully saturated rings. The number of carbonyl (C=O) groups excluding carboxylic acids is 1. The van der Waals surface area contributed by atoms with Gasteiger partial charge in [0.15, 0.2) is 0 Å². The molecule has 67 valence electrons. The molecule has 5 heteroatoms. The Balaban J connectivity index is 4.15. The first-order valence-corrected chi connectivity index (χ1v) is 4.83. The Morgan fingerprint density at radius 1 is 1.33 bits per heavy atom. The van der Waals surface area contributed by atoms with Gasteiger partial charge < -0.3 is 0 Å². The first-order valence-electron chi connectivity index (χ1n) is 3.22. The largest absolute Gasteiger partial charge is 0.271 e. The van der Waals surface area contributed by atoms with Gasteiger partial charge in [0.25, 0.3) is 15.9 Å². The molecule has 0 rings (SSSR count). The quantitative estimate of drug-likeness (QED) is 0.579. The van der Waals surface area contributed by atoms with Crippen LogP contribution in [0.1, 0.15) is 6.42 Å². The van der Waals surface area contributed by atoms with Crippen LogP contribution in [-0.4, -0.2) is 20.1 Å². The summed E-state index contributed by atoms with van der Waals surface area (Å²) < 4.78 is 24.6. The second kappa shape index (κ2) is 4.71. The lowest BCUT2D eigenvalue weighted by Crippen LogP contribution is -2.24. The molecular weight excluding hydrogens is 178 g/mol. The van der Waals surface area contributed by atoms with Crippen molar-refractivity contribution < 1.29 is 13.2 Å². The highest BCUT2D eigenvalue weighted by Gasteiger charge is 2.13. The summed E-state index contributed by atoms with van der Waals surface area (Å²) >= 11 is 0. The maximum Gasteiger partial charge on any atom is 0.260 e. The van der Waals surface area contributed by atoms with Crippen LogP contribution in [0.4, 0.5) is 0 Å². The Bertz CT molecular complexity index is 279. The molecule has 0 bridgehead atoms. The maximum atomic E-state index is 10.8. The zero-order valence-corrected chi connectivity index (χ0v) is 7.38. The number of nitrogens with zero attached hydrogens (tertiary/aromatic N) is 1. The van der Waals surface area contributed by atoms with Gasteiger partial charge in [-0.25, -0.2) is 8.42 Å². The third kappa shape index (κ3) is 4.68. The van der Waals surface area contributed by atoms with Gasteiger partial charge in [0.2, 0.25) is 0 Å². The monoisotopic (exact) mass is 188 g/mol. The van der Waals surface area contributed by atoms with Gasteiger partial charge in [0.1, 0.15) is 0 Å². The van der Waals surface area contributed by atoms with Crippen LogP contribution in [0.15, 0.2) is 25.3 Å². The minimum Gasteiger partial charge on any atom is -0.271 e. The van der Waals surface area contributed by atoms with Crippen LogP contribution in [0.5, 0.6) is 0 Å². The van der Waals surface area contributed by atoms with Gasteiger partial charge in [-0.3, -0.25) is 4.79 Å². The van der Waals surface area contributed by atoms with Crippen molar-refractivity contribution in [1.29, 1.82) is 0 Å². The van der Waals surface area contributed by atoms with Crippen molar-refractivity contribution in [1.82, 2.24) is 4.72 Å². The molecule has 0 aliphatic rings. The van der Waals surface area contributed by atoms with E-state index in [0.717, 1.165) is 0 Å². The van der Waals surface area contributed by atoms with Crippen LogP contribution in [0.3, 0.4) is 0 Å². The number of rotatable bonds is 5. The highest BCUT2D eigenvalue weighted by atomic mass is 32.2. The summed E-state index contributed by atoms with van der Waals surface area (Å²) in [6, 6.07) is 0. The van der Waals surface area contributed by atoms with Crippen molar-refractivity contribution in [2.45, 2.75) is 6.42 Å². The van der Waals surface area contributed by atoms with Crippen molar-refractivity contribution in [2.75, 3.05) is 5.75 Å². The summed E-state index contributed by atoms with van der Waals surface area (Å²) in [5.41, 5.74) is 0. The van der Waals surface area contributed by atoms with Gasteiger partial charge >= 0.3 is 0 Å². The molecule has 0 atom stereocenters. The second-order valence-corrected chi connectivity index (χ2v) is 3.69. The lowest BCUT2D eigenvalue weighted by atomic mass is 10.4. The van der Waals surface area contributed by atoms with Crippen molar-refractivity contribution in [3.05, 3.63) is 25.3 Å². The molecule has 0 aromatic heterocycles. The summed E-state index contributed by atoms with van der Waals surface area (Å²) in [6.45, 7) is 6.51. The molecule has 0 aliphatic carbocycles. The minimum atomic E-state index is -3.64. The number of hydrogen-bond donors (Lipinski definition) is 0. The molecule has 0 aromatic carbocycles. The second-order valence-electron chi connectivity index (χ2n) is 2.02. The first kappa shape index (κ1) is 10.9. The summed E-state index contributed by atoms with van der Waals surface area (Å²) in [5, 5.41) is 0. The normalized spacial score (nSPS) is 10.3. The molecule has 0 aromatic rings. The molecular formula is C7H10NO3S. The summed E-state index contributed by atoms with van der Waals surface area (Å²) in [7, 11) is -3.64. The molecule has 0 aliphatic heterocycles. The van der Waals surface area contributed by atoms with E-state index in [0.29, 0.717) is 0 Å². The Labute approximate surface area is 72.0 Å². The highest BCUT2D eigenvalue weighted by Crippen LogP contribution is 1.90. The third-order valence-electron chi connectivity index (χ3n) is 0.888. The van der Waals surface area contributed by atoms with Gasteiger partial charge in [0.05, 0.1) is 5.75 Å². The molecule has 0 saturated carbocycles. The lowest BCUT2D eigenvalue weighted by molar-refractivity contribution is -0.118. The van der Waals surface area contributed by atoms with Gasteiger partial charge in [-0.05, 0) is 0 Å². The van der Waals surface area contributed by atoms with Crippen LogP contribution in [-0.2, 0) is 14.8 Å². The molecule has 0 spiro atoms. The van der Waals surface area contributed by atoms with E-state index in [1.165, 1.54) is 12.2 Å². The molecule has 1 amide bonds. The molecule has 0 N–H and O–H groups in total. The highest BCUT2D eigenvalue weighted by molar-refractivity contribution is 7.90. The zero-order chi connectivity index (χ0) is 9.61. The van der Waals surface area contributed by atoms with E-state index in [-0.39, 0.29) is 12.2 Å². The number of hydrogen-bond acceptors (Lipinski definition) is 3. The SMILES string of the molecule is C=CCC(=O)[N]S(=O)(=O)CC=C. The fourth-order valence-corrected chi connectivity index (χ4v) is 1.26. The van der Waals surface area contributed by atoms with Crippen molar-refractivity contribution in [3.8, 4) is 0 Å². The van der Waals surface area contributed by atoms with Crippen LogP contribution in [0.2, 0.25) is 0 Å². The number of sulfonamides is 1. The Morgan fingerprint density at radius 3 is 2.33 bits per heavy atom. The van der Waals surface area contributed by atoms with Gasteiger partial charge in [0, 0.05) is 6.42 Å². The molecule has 0 saturated heterocycles.